The highest BCUT2D eigenvalue weighted by Crippen LogP contribution is 2.37. The Hall–Kier alpha value is -2.84. The van der Waals surface area contributed by atoms with Gasteiger partial charge in [-0.25, -0.2) is 4.98 Å². The van der Waals surface area contributed by atoms with Crippen LogP contribution in [-0.4, -0.2) is 47.2 Å². The normalized spacial score (nSPS) is 19.3. The zero-order chi connectivity index (χ0) is 26.1. The lowest BCUT2D eigenvalue weighted by atomic mass is 9.91. The second-order valence-corrected chi connectivity index (χ2v) is 10.9. The van der Waals surface area contributed by atoms with Crippen LogP contribution in [0.1, 0.15) is 65.9 Å². The van der Waals surface area contributed by atoms with E-state index < -0.39 is 0 Å². The van der Waals surface area contributed by atoms with Crippen molar-refractivity contribution in [2.24, 2.45) is 0 Å². The van der Waals surface area contributed by atoms with E-state index >= 15 is 0 Å². The molecular weight excluding hydrogens is 511 g/mol. The summed E-state index contributed by atoms with van der Waals surface area (Å²) in [6, 6.07) is 5.51. The van der Waals surface area contributed by atoms with Crippen LogP contribution in [0.25, 0.3) is 11.3 Å². The number of halogens is 2. The molecule has 0 saturated heterocycles. The monoisotopic (exact) mass is 542 g/mol. The Labute approximate surface area is 227 Å². The third-order valence-electron chi connectivity index (χ3n) is 7.27. The lowest BCUT2D eigenvalue weighted by molar-refractivity contribution is 0.0925. The fourth-order valence-electron chi connectivity index (χ4n) is 5.37. The number of carbonyl (C=O) groups is 1. The van der Waals surface area contributed by atoms with Gasteiger partial charge in [0.15, 0.2) is 0 Å². The molecule has 2 aromatic heterocycles. The van der Waals surface area contributed by atoms with Crippen molar-refractivity contribution in [2.75, 3.05) is 24.3 Å². The number of hydrogen-bond donors (Lipinski definition) is 2. The maximum absolute atomic E-state index is 13.3. The van der Waals surface area contributed by atoms with Crippen LogP contribution in [0.4, 0.5) is 11.8 Å². The first-order valence-corrected chi connectivity index (χ1v) is 13.6. The molecule has 1 aromatic carbocycles. The zero-order valence-corrected chi connectivity index (χ0v) is 22.9. The number of benzene rings is 1. The number of fused-ring (bicyclic) bond motifs is 1. The third kappa shape index (κ3) is 5.41. The number of nitrogens with zero attached hydrogens (tertiary/aromatic N) is 4. The van der Waals surface area contributed by atoms with Gasteiger partial charge in [-0.2, -0.15) is 4.98 Å². The summed E-state index contributed by atoms with van der Waals surface area (Å²) in [5.74, 6) is 1.93. The van der Waals surface area contributed by atoms with Gasteiger partial charge in [-0.05, 0) is 70.4 Å². The summed E-state index contributed by atoms with van der Waals surface area (Å²) in [5.41, 5.74) is 3.70. The lowest BCUT2D eigenvalue weighted by Crippen LogP contribution is -2.40. The molecule has 0 atom stereocenters. The SMILES string of the molecule is Cc1onc(-c2c(Cl)cccc2Cl)c1C(=O)N[C@H]1CC[C@@H](Nc2nc3c(c(N(C)C)n2)CCCC3)CC1. The summed E-state index contributed by atoms with van der Waals surface area (Å²) in [4.78, 5) is 25.1. The van der Waals surface area contributed by atoms with Crippen molar-refractivity contribution in [3.05, 3.63) is 50.8 Å². The molecular formula is C27H32Cl2N6O2. The quantitative estimate of drug-likeness (QED) is 0.403. The highest BCUT2D eigenvalue weighted by atomic mass is 35.5. The second kappa shape index (κ2) is 10.9. The maximum atomic E-state index is 13.3. The molecule has 2 heterocycles. The van der Waals surface area contributed by atoms with E-state index in [1.54, 1.807) is 25.1 Å². The van der Waals surface area contributed by atoms with Crippen molar-refractivity contribution in [2.45, 2.75) is 70.4 Å². The molecule has 1 saturated carbocycles. The van der Waals surface area contributed by atoms with Crippen molar-refractivity contribution in [3.63, 3.8) is 0 Å². The largest absolute Gasteiger partial charge is 0.362 e. The first-order chi connectivity index (χ1) is 17.8. The zero-order valence-electron chi connectivity index (χ0n) is 21.4. The van der Waals surface area contributed by atoms with Crippen LogP contribution in [0.5, 0.6) is 0 Å². The van der Waals surface area contributed by atoms with Gasteiger partial charge in [0.1, 0.15) is 22.8 Å². The van der Waals surface area contributed by atoms with E-state index in [1.165, 1.54) is 24.1 Å². The molecule has 37 heavy (non-hydrogen) atoms. The van der Waals surface area contributed by atoms with Crippen LogP contribution in [0.15, 0.2) is 22.7 Å². The Morgan fingerprint density at radius 2 is 1.70 bits per heavy atom. The summed E-state index contributed by atoms with van der Waals surface area (Å²) < 4.78 is 5.36. The Bertz CT molecular complexity index is 1280. The number of hydrogen-bond acceptors (Lipinski definition) is 7. The van der Waals surface area contributed by atoms with Gasteiger partial charge in [0.05, 0.1) is 15.7 Å². The number of rotatable bonds is 6. The molecule has 0 spiro atoms. The van der Waals surface area contributed by atoms with Gasteiger partial charge in [0.2, 0.25) is 5.95 Å². The van der Waals surface area contributed by atoms with Crippen LogP contribution in [0.3, 0.4) is 0 Å². The molecule has 2 aliphatic rings. The summed E-state index contributed by atoms with van der Waals surface area (Å²) in [6.45, 7) is 1.72. The molecule has 0 radical (unpaired) electrons. The van der Waals surface area contributed by atoms with Crippen molar-refractivity contribution < 1.29 is 9.32 Å². The summed E-state index contributed by atoms with van der Waals surface area (Å²) in [7, 11) is 4.08. The Morgan fingerprint density at radius 3 is 2.41 bits per heavy atom. The average molecular weight is 543 g/mol. The fraction of sp³-hybridized carbons (Fsp3) is 0.481. The minimum Gasteiger partial charge on any atom is -0.362 e. The number of aryl methyl sites for hydroxylation is 2. The van der Waals surface area contributed by atoms with E-state index in [4.69, 9.17) is 37.7 Å². The molecule has 5 rings (SSSR count). The van der Waals surface area contributed by atoms with Gasteiger partial charge in [-0.1, -0.05) is 34.4 Å². The first kappa shape index (κ1) is 25.8. The van der Waals surface area contributed by atoms with Crippen LogP contribution < -0.4 is 15.5 Å². The van der Waals surface area contributed by atoms with E-state index in [1.807, 2.05) is 14.1 Å². The smallest absolute Gasteiger partial charge is 0.257 e. The van der Waals surface area contributed by atoms with Gasteiger partial charge in [0.25, 0.3) is 5.91 Å². The predicted molar refractivity (Wildman–Crippen MR) is 147 cm³/mol. The van der Waals surface area contributed by atoms with E-state index in [9.17, 15) is 4.79 Å². The minimum absolute atomic E-state index is 0.0520. The number of amides is 1. The molecule has 10 heteroatoms. The predicted octanol–water partition coefficient (Wildman–Crippen LogP) is 5.84. The van der Waals surface area contributed by atoms with Crippen molar-refractivity contribution in [1.82, 2.24) is 20.4 Å². The van der Waals surface area contributed by atoms with Crippen molar-refractivity contribution >= 4 is 40.9 Å². The molecule has 2 N–H and O–H groups in total. The van der Waals surface area contributed by atoms with E-state index in [0.29, 0.717) is 38.6 Å². The van der Waals surface area contributed by atoms with Gasteiger partial charge < -0.3 is 20.1 Å². The van der Waals surface area contributed by atoms with Crippen LogP contribution >= 0.6 is 23.2 Å². The highest BCUT2D eigenvalue weighted by molar-refractivity contribution is 6.39. The molecule has 8 nitrogen and oxygen atoms in total. The van der Waals surface area contributed by atoms with E-state index in [0.717, 1.165) is 44.3 Å². The summed E-state index contributed by atoms with van der Waals surface area (Å²) in [6.07, 6.45) is 7.95. The average Bonchev–Trinajstić information content (AvgIpc) is 3.25. The molecule has 196 valence electrons. The molecule has 0 aliphatic heterocycles. The molecule has 1 fully saturated rings. The highest BCUT2D eigenvalue weighted by Gasteiger charge is 2.29. The standard InChI is InChI=1S/C27H32Cl2N6O2/c1-15-22(24(34-37-15)23-19(28)8-6-9-20(23)29)26(36)30-16-11-13-17(14-12-16)31-27-32-21-10-5-4-7-18(21)25(33-27)35(2)3/h6,8-9,16-17H,4-5,7,10-14H2,1-3H3,(H,30,36)(H,31,32,33)/t16-,17+. The van der Waals surface area contributed by atoms with Crippen LogP contribution in [0, 0.1) is 6.92 Å². The Kier molecular flexibility index (Phi) is 7.58. The second-order valence-electron chi connectivity index (χ2n) is 10.1. The number of aromatic nitrogens is 3. The number of carbonyl (C=O) groups excluding carboxylic acids is 1. The minimum atomic E-state index is -0.227. The van der Waals surface area contributed by atoms with E-state index in [2.05, 4.69) is 20.7 Å². The third-order valence-corrected chi connectivity index (χ3v) is 7.90. The van der Waals surface area contributed by atoms with Crippen LogP contribution in [0.2, 0.25) is 10.0 Å². The van der Waals surface area contributed by atoms with Crippen molar-refractivity contribution in [1.29, 1.82) is 0 Å². The maximum Gasteiger partial charge on any atom is 0.257 e. The number of anilines is 2. The molecule has 2 aliphatic carbocycles. The van der Waals surface area contributed by atoms with Gasteiger partial charge in [-0.15, -0.1) is 0 Å². The molecule has 0 unspecified atom stereocenters. The first-order valence-electron chi connectivity index (χ1n) is 12.9. The Morgan fingerprint density at radius 1 is 1.03 bits per heavy atom. The van der Waals surface area contributed by atoms with Gasteiger partial charge in [0, 0.05) is 37.3 Å². The molecule has 0 bridgehead atoms. The Balaban J connectivity index is 1.24. The summed E-state index contributed by atoms with van der Waals surface area (Å²) in [5, 5.41) is 11.7. The molecule has 1 amide bonds. The van der Waals surface area contributed by atoms with Crippen LogP contribution in [-0.2, 0) is 12.8 Å². The fourth-order valence-corrected chi connectivity index (χ4v) is 5.94. The number of nitrogens with one attached hydrogen (secondary N) is 2. The lowest BCUT2D eigenvalue weighted by Gasteiger charge is -2.30. The molecule has 3 aromatic rings. The topological polar surface area (TPSA) is 96.2 Å². The van der Waals surface area contributed by atoms with Gasteiger partial charge in [-0.3, -0.25) is 4.79 Å². The van der Waals surface area contributed by atoms with E-state index in [-0.39, 0.29) is 18.0 Å². The summed E-state index contributed by atoms with van der Waals surface area (Å²) >= 11 is 12.7. The van der Waals surface area contributed by atoms with Gasteiger partial charge >= 0.3 is 0 Å². The van der Waals surface area contributed by atoms with Crippen molar-refractivity contribution in [3.8, 4) is 11.3 Å².